The van der Waals surface area contributed by atoms with Gasteiger partial charge in [0.2, 0.25) is 0 Å². The average Bonchev–Trinajstić information content (AvgIpc) is 4.17. The second-order valence-corrected chi connectivity index (χ2v) is 20.4. The normalized spacial score (nSPS) is 11.7. The maximum absolute atomic E-state index is 6.32. The molecule has 408 valence electrons. The Balaban J connectivity index is 0.709. The molecule has 0 spiro atoms. The lowest BCUT2D eigenvalue weighted by Gasteiger charge is -2.13. The van der Waals surface area contributed by atoms with Crippen LogP contribution in [0.1, 0.15) is 193 Å². The summed E-state index contributed by atoms with van der Waals surface area (Å²) in [5.74, 6) is 3.85. The van der Waals surface area contributed by atoms with Crippen LogP contribution in [0.25, 0.3) is 33.5 Å². The molecule has 75 heavy (non-hydrogen) atoms. The first kappa shape index (κ1) is 56.4. The second kappa shape index (κ2) is 32.9. The molecule has 0 radical (unpaired) electrons. The van der Waals surface area contributed by atoms with Gasteiger partial charge in [0.25, 0.3) is 0 Å². The minimum atomic E-state index is 0.444. The molecule has 0 saturated heterocycles. The minimum Gasteiger partial charge on any atom is -0.493 e. The summed E-state index contributed by atoms with van der Waals surface area (Å²) in [7, 11) is 0. The number of imidazole rings is 3. The molecule has 0 bridgehead atoms. The Kier molecular flexibility index (Phi) is 24.7. The van der Waals surface area contributed by atoms with Crippen molar-refractivity contribution in [3.05, 3.63) is 56.2 Å². The monoisotopic (exact) mass is 1030 g/mol. The molecule has 0 atom stereocenters. The number of rotatable bonds is 42. The van der Waals surface area contributed by atoms with Crippen molar-refractivity contribution in [2.75, 3.05) is 37.0 Å². The lowest BCUT2D eigenvalue weighted by molar-refractivity contribution is 0.275. The van der Waals surface area contributed by atoms with E-state index in [0.29, 0.717) is 53.8 Å². The van der Waals surface area contributed by atoms with Crippen LogP contribution < -0.4 is 31.4 Å². The Labute approximate surface area is 444 Å². The molecule has 0 aliphatic rings. The number of fused-ring (bicyclic) bond motifs is 3. The van der Waals surface area contributed by atoms with Crippen molar-refractivity contribution in [2.45, 2.75) is 212 Å². The van der Waals surface area contributed by atoms with Crippen LogP contribution in [0, 0.1) is 0 Å². The maximum atomic E-state index is 6.32. The smallest absolute Gasteiger partial charge is 0.165 e. The van der Waals surface area contributed by atoms with Gasteiger partial charge in [-0.2, -0.15) is 0 Å². The van der Waals surface area contributed by atoms with Crippen molar-refractivity contribution in [3.63, 3.8) is 0 Å². The van der Waals surface area contributed by atoms with Gasteiger partial charge in [-0.05, 0) is 38.5 Å². The van der Waals surface area contributed by atoms with Crippen molar-refractivity contribution in [2.24, 2.45) is 0 Å². The standard InChI is InChI=1S/C57H87N15O3/c58-52-49-55(64-40-61-52)70(43-67-49)31-25-19-13-7-1-4-10-16-22-28-34-73-46-37-47(74-35-29-23-17-11-5-2-8-14-20-26-32-71-44-68-50-53(59)62-41-65-56(50)71)39-48(38-46)75-36-30-24-18-12-6-3-9-15-21-27-33-72-45-69-51-54(60)63-42-66-57(51)72/h37-45H,1-36H2,(H2,58,61,64)(H2,59,62,65)(H2,60,63,66). The zero-order valence-electron chi connectivity index (χ0n) is 45.0. The van der Waals surface area contributed by atoms with Crippen LogP contribution in [0.4, 0.5) is 17.5 Å². The molecule has 0 aliphatic heterocycles. The Bertz CT molecular complexity index is 2370. The zero-order valence-corrected chi connectivity index (χ0v) is 45.0. The van der Waals surface area contributed by atoms with Crippen LogP contribution in [0.3, 0.4) is 0 Å². The molecule has 0 saturated carbocycles. The summed E-state index contributed by atoms with van der Waals surface area (Å²) >= 11 is 0. The fraction of sp³-hybridized carbons (Fsp3) is 0.632. The van der Waals surface area contributed by atoms with Gasteiger partial charge in [0, 0.05) is 37.8 Å². The number of hydrogen-bond donors (Lipinski definition) is 3. The Morgan fingerprint density at radius 2 is 0.507 bits per heavy atom. The van der Waals surface area contributed by atoms with Crippen LogP contribution in [0.15, 0.2) is 56.2 Å². The summed E-state index contributed by atoms with van der Waals surface area (Å²) < 4.78 is 25.2. The van der Waals surface area contributed by atoms with Crippen LogP contribution >= 0.6 is 0 Å². The molecule has 6 N–H and O–H groups in total. The van der Waals surface area contributed by atoms with E-state index in [2.05, 4.69) is 58.6 Å². The minimum absolute atomic E-state index is 0.444. The fourth-order valence-corrected chi connectivity index (χ4v) is 9.95. The van der Waals surface area contributed by atoms with E-state index in [1.165, 1.54) is 173 Å². The largest absolute Gasteiger partial charge is 0.493 e. The number of aryl methyl sites for hydroxylation is 3. The maximum Gasteiger partial charge on any atom is 0.165 e. The zero-order chi connectivity index (χ0) is 52.0. The number of ether oxygens (including phenoxy) is 3. The molecular weight excluding hydrogens is 943 g/mol. The third-order valence-electron chi connectivity index (χ3n) is 14.3. The third-order valence-corrected chi connectivity index (χ3v) is 14.3. The number of benzene rings is 1. The van der Waals surface area contributed by atoms with E-state index in [0.717, 1.165) is 92.3 Å². The molecule has 1 aromatic carbocycles. The molecule has 6 heterocycles. The van der Waals surface area contributed by atoms with Crippen molar-refractivity contribution < 1.29 is 14.2 Å². The topological polar surface area (TPSA) is 237 Å². The van der Waals surface area contributed by atoms with Crippen LogP contribution in [-0.4, -0.2) is 78.4 Å². The van der Waals surface area contributed by atoms with E-state index >= 15 is 0 Å². The van der Waals surface area contributed by atoms with Gasteiger partial charge in [-0.15, -0.1) is 0 Å². The van der Waals surface area contributed by atoms with E-state index in [4.69, 9.17) is 31.4 Å². The predicted octanol–water partition coefficient (Wildman–Crippen LogP) is 12.8. The van der Waals surface area contributed by atoms with Gasteiger partial charge in [0.05, 0.1) is 38.8 Å². The molecule has 0 aliphatic carbocycles. The van der Waals surface area contributed by atoms with Crippen LogP contribution in [0.5, 0.6) is 17.2 Å². The van der Waals surface area contributed by atoms with E-state index in [-0.39, 0.29) is 0 Å². The van der Waals surface area contributed by atoms with E-state index < -0.39 is 0 Å². The van der Waals surface area contributed by atoms with Gasteiger partial charge >= 0.3 is 0 Å². The molecule has 7 aromatic rings. The lowest BCUT2D eigenvalue weighted by atomic mass is 10.1. The molecular formula is C57H87N15O3. The van der Waals surface area contributed by atoms with Gasteiger partial charge < -0.3 is 45.1 Å². The Morgan fingerprint density at radius 3 is 0.760 bits per heavy atom. The summed E-state index contributed by atoms with van der Waals surface area (Å²) in [5, 5.41) is 0. The summed E-state index contributed by atoms with van der Waals surface area (Å²) in [5.41, 5.74) is 22.4. The first-order valence-corrected chi connectivity index (χ1v) is 28.8. The summed E-state index contributed by atoms with van der Waals surface area (Å²) in [6.45, 7) is 4.86. The molecule has 18 heteroatoms. The number of nitrogens with zero attached hydrogens (tertiary/aromatic N) is 12. The number of nitrogens with two attached hydrogens (primary N) is 3. The highest BCUT2D eigenvalue weighted by Crippen LogP contribution is 2.29. The number of hydrogen-bond acceptors (Lipinski definition) is 15. The number of nitrogen functional groups attached to an aromatic ring is 3. The molecule has 18 nitrogen and oxygen atoms in total. The molecule has 6 aromatic heterocycles. The molecule has 0 fully saturated rings. The van der Waals surface area contributed by atoms with Crippen LogP contribution in [0.2, 0.25) is 0 Å². The lowest BCUT2D eigenvalue weighted by Crippen LogP contribution is -2.02. The Hall–Kier alpha value is -6.33. The third kappa shape index (κ3) is 19.4. The SMILES string of the molecule is Nc1ncnc2c1ncn2CCCCCCCCCCCCOc1cc(OCCCCCCCCCCCCn2cnc3c(N)ncnc32)cc(OCCCCCCCCCCCCn2cnc3c(N)ncnc32)c1. The number of aromatic nitrogens is 12. The summed E-state index contributed by atoms with van der Waals surface area (Å²) in [6, 6.07) is 6.14. The molecule has 7 rings (SSSR count). The van der Waals surface area contributed by atoms with Gasteiger partial charge in [-0.3, -0.25) is 0 Å². The summed E-state index contributed by atoms with van der Waals surface area (Å²) in [6.07, 6.45) is 46.7. The first-order valence-electron chi connectivity index (χ1n) is 28.8. The highest BCUT2D eigenvalue weighted by Gasteiger charge is 2.11. The van der Waals surface area contributed by atoms with Crippen molar-refractivity contribution >= 4 is 50.9 Å². The first-order chi connectivity index (χ1) is 37.0. The van der Waals surface area contributed by atoms with E-state index in [1.807, 2.05) is 37.2 Å². The van der Waals surface area contributed by atoms with Crippen molar-refractivity contribution in [1.82, 2.24) is 58.6 Å². The van der Waals surface area contributed by atoms with Crippen molar-refractivity contribution in [3.8, 4) is 17.2 Å². The van der Waals surface area contributed by atoms with Gasteiger partial charge in [-0.1, -0.05) is 154 Å². The predicted molar refractivity (Wildman–Crippen MR) is 301 cm³/mol. The quantitative estimate of drug-likeness (QED) is 0.0302. The highest BCUT2D eigenvalue weighted by atomic mass is 16.5. The summed E-state index contributed by atoms with van der Waals surface area (Å²) in [4.78, 5) is 38.3. The second-order valence-electron chi connectivity index (χ2n) is 20.4. The highest BCUT2D eigenvalue weighted by molar-refractivity contribution is 5.82. The number of anilines is 3. The van der Waals surface area contributed by atoms with Crippen molar-refractivity contribution in [1.29, 1.82) is 0 Å². The van der Waals surface area contributed by atoms with Gasteiger partial charge in [0.1, 0.15) is 52.8 Å². The molecule has 0 amide bonds. The van der Waals surface area contributed by atoms with Gasteiger partial charge in [0.15, 0.2) is 34.4 Å². The molecule has 0 unspecified atom stereocenters. The van der Waals surface area contributed by atoms with Gasteiger partial charge in [-0.25, -0.2) is 44.9 Å². The van der Waals surface area contributed by atoms with Crippen LogP contribution in [-0.2, 0) is 19.6 Å². The number of unbranched alkanes of at least 4 members (excludes halogenated alkanes) is 27. The Morgan fingerprint density at radius 1 is 0.280 bits per heavy atom. The van der Waals surface area contributed by atoms with E-state index in [1.54, 1.807) is 0 Å². The van der Waals surface area contributed by atoms with E-state index in [9.17, 15) is 0 Å². The fourth-order valence-electron chi connectivity index (χ4n) is 9.95. The average molecular weight is 1030 g/mol.